The third-order valence-electron chi connectivity index (χ3n) is 2.75. The zero-order valence-corrected chi connectivity index (χ0v) is 12.4. The van der Waals surface area contributed by atoms with Crippen LogP contribution in [0.3, 0.4) is 0 Å². The van der Waals surface area contributed by atoms with Crippen molar-refractivity contribution in [2.24, 2.45) is 5.92 Å². The molecule has 6 heteroatoms. The van der Waals surface area contributed by atoms with Gasteiger partial charge < -0.3 is 14.8 Å². The van der Waals surface area contributed by atoms with E-state index < -0.39 is 6.36 Å². The number of halogens is 3. The number of benzene rings is 1. The van der Waals surface area contributed by atoms with Crippen molar-refractivity contribution in [3.63, 3.8) is 0 Å². The van der Waals surface area contributed by atoms with Crippen LogP contribution in [0.1, 0.15) is 26.7 Å². The van der Waals surface area contributed by atoms with Gasteiger partial charge in [-0.3, -0.25) is 0 Å². The average molecular weight is 305 g/mol. The Morgan fingerprint density at radius 3 is 2.38 bits per heavy atom. The van der Waals surface area contributed by atoms with E-state index in [1.54, 1.807) is 6.07 Å². The SMILES string of the molecule is CC(C)CCCNCCOc1ccccc1OC(F)(F)F. The van der Waals surface area contributed by atoms with Crippen molar-refractivity contribution in [3.05, 3.63) is 24.3 Å². The Kier molecular flexibility index (Phi) is 7.36. The molecule has 0 spiro atoms. The van der Waals surface area contributed by atoms with Crippen LogP contribution in [0.4, 0.5) is 13.2 Å². The predicted octanol–water partition coefficient (Wildman–Crippen LogP) is 3.99. The number of para-hydroxylation sites is 2. The van der Waals surface area contributed by atoms with E-state index in [4.69, 9.17) is 4.74 Å². The van der Waals surface area contributed by atoms with Crippen molar-refractivity contribution >= 4 is 0 Å². The molecule has 0 heterocycles. The molecule has 0 aromatic heterocycles. The second kappa shape index (κ2) is 8.77. The predicted molar refractivity (Wildman–Crippen MR) is 75.6 cm³/mol. The van der Waals surface area contributed by atoms with E-state index in [1.165, 1.54) is 18.2 Å². The molecule has 0 saturated carbocycles. The van der Waals surface area contributed by atoms with Crippen LogP contribution in [0.2, 0.25) is 0 Å². The van der Waals surface area contributed by atoms with Crippen molar-refractivity contribution < 1.29 is 22.6 Å². The van der Waals surface area contributed by atoms with Gasteiger partial charge in [-0.2, -0.15) is 0 Å². The lowest BCUT2D eigenvalue weighted by Gasteiger charge is -2.14. The van der Waals surface area contributed by atoms with E-state index in [0.29, 0.717) is 19.1 Å². The van der Waals surface area contributed by atoms with E-state index in [1.807, 2.05) is 0 Å². The van der Waals surface area contributed by atoms with Crippen LogP contribution in [0, 0.1) is 5.92 Å². The first-order chi connectivity index (χ1) is 9.88. The summed E-state index contributed by atoms with van der Waals surface area (Å²) < 4.78 is 45.9. The Morgan fingerprint density at radius 2 is 1.76 bits per heavy atom. The summed E-state index contributed by atoms with van der Waals surface area (Å²) in [6.45, 7) is 6.09. The van der Waals surface area contributed by atoms with Crippen LogP contribution < -0.4 is 14.8 Å². The van der Waals surface area contributed by atoms with Crippen LogP contribution in [0.5, 0.6) is 11.5 Å². The highest BCUT2D eigenvalue weighted by molar-refractivity contribution is 5.39. The molecule has 0 unspecified atom stereocenters. The molecule has 1 aromatic rings. The van der Waals surface area contributed by atoms with Gasteiger partial charge in [0.05, 0.1) is 0 Å². The molecule has 0 saturated heterocycles. The zero-order chi connectivity index (χ0) is 15.7. The van der Waals surface area contributed by atoms with Gasteiger partial charge >= 0.3 is 6.36 Å². The monoisotopic (exact) mass is 305 g/mol. The second-order valence-electron chi connectivity index (χ2n) is 5.13. The van der Waals surface area contributed by atoms with Gasteiger partial charge in [0.15, 0.2) is 11.5 Å². The van der Waals surface area contributed by atoms with Gasteiger partial charge in [-0.1, -0.05) is 26.0 Å². The molecule has 3 nitrogen and oxygen atoms in total. The minimum atomic E-state index is -4.71. The molecule has 0 fully saturated rings. The maximum absolute atomic E-state index is 12.2. The average Bonchev–Trinajstić information content (AvgIpc) is 2.37. The molecule has 0 aliphatic heterocycles. The molecule has 120 valence electrons. The van der Waals surface area contributed by atoms with Crippen molar-refractivity contribution in [2.75, 3.05) is 19.7 Å². The minimum Gasteiger partial charge on any atom is -0.488 e. The first kappa shape index (κ1) is 17.6. The van der Waals surface area contributed by atoms with E-state index in [2.05, 4.69) is 23.9 Å². The molecule has 0 amide bonds. The number of hydrogen-bond donors (Lipinski definition) is 1. The Balaban J connectivity index is 2.29. The summed E-state index contributed by atoms with van der Waals surface area (Å²) in [7, 11) is 0. The van der Waals surface area contributed by atoms with Gasteiger partial charge in [0, 0.05) is 6.54 Å². The smallest absolute Gasteiger partial charge is 0.488 e. The minimum absolute atomic E-state index is 0.0961. The van der Waals surface area contributed by atoms with Gasteiger partial charge in [0.1, 0.15) is 6.61 Å². The standard InChI is InChI=1S/C15H22F3NO2/c1-12(2)6-5-9-19-10-11-20-13-7-3-4-8-14(13)21-15(16,17)18/h3-4,7-8,12,19H,5-6,9-11H2,1-2H3. The first-order valence-corrected chi connectivity index (χ1v) is 7.07. The number of hydrogen-bond acceptors (Lipinski definition) is 3. The fraction of sp³-hybridized carbons (Fsp3) is 0.600. The summed E-state index contributed by atoms with van der Waals surface area (Å²) >= 11 is 0. The van der Waals surface area contributed by atoms with Crippen LogP contribution in [0.25, 0.3) is 0 Å². The molecule has 0 aliphatic carbocycles. The lowest BCUT2D eigenvalue weighted by Crippen LogP contribution is -2.23. The van der Waals surface area contributed by atoms with Crippen LogP contribution >= 0.6 is 0 Å². The third-order valence-corrected chi connectivity index (χ3v) is 2.75. The lowest BCUT2D eigenvalue weighted by molar-refractivity contribution is -0.275. The molecule has 1 N–H and O–H groups in total. The maximum Gasteiger partial charge on any atom is 0.573 e. The number of rotatable bonds is 9. The summed E-state index contributed by atoms with van der Waals surface area (Å²) in [4.78, 5) is 0. The van der Waals surface area contributed by atoms with Crippen molar-refractivity contribution in [2.45, 2.75) is 33.1 Å². The molecule has 0 radical (unpaired) electrons. The van der Waals surface area contributed by atoms with Gasteiger partial charge in [0.25, 0.3) is 0 Å². The summed E-state index contributed by atoms with van der Waals surface area (Å²) in [6.07, 6.45) is -2.49. The highest BCUT2D eigenvalue weighted by atomic mass is 19.4. The van der Waals surface area contributed by atoms with Crippen molar-refractivity contribution in [1.29, 1.82) is 0 Å². The first-order valence-electron chi connectivity index (χ1n) is 7.07. The Bertz CT molecular complexity index is 408. The zero-order valence-electron chi connectivity index (χ0n) is 12.4. The van der Waals surface area contributed by atoms with E-state index in [-0.39, 0.29) is 11.5 Å². The Labute approximate surface area is 123 Å². The molecular weight excluding hydrogens is 283 g/mol. The highest BCUT2D eigenvalue weighted by Crippen LogP contribution is 2.31. The molecular formula is C15H22F3NO2. The second-order valence-corrected chi connectivity index (χ2v) is 5.13. The van der Waals surface area contributed by atoms with Crippen molar-refractivity contribution in [3.8, 4) is 11.5 Å². The number of ether oxygens (including phenoxy) is 2. The topological polar surface area (TPSA) is 30.5 Å². The fourth-order valence-electron chi connectivity index (χ4n) is 1.77. The molecule has 0 bridgehead atoms. The van der Waals surface area contributed by atoms with E-state index in [0.717, 1.165) is 19.4 Å². The summed E-state index contributed by atoms with van der Waals surface area (Å²) in [5.74, 6) is 0.457. The molecule has 0 aliphatic rings. The summed E-state index contributed by atoms with van der Waals surface area (Å²) in [5, 5.41) is 3.19. The molecule has 1 rings (SSSR count). The third kappa shape index (κ3) is 8.45. The molecule has 1 aromatic carbocycles. The van der Waals surface area contributed by atoms with Crippen LogP contribution in [0.15, 0.2) is 24.3 Å². The summed E-state index contributed by atoms with van der Waals surface area (Å²) in [6, 6.07) is 5.77. The Morgan fingerprint density at radius 1 is 1.10 bits per heavy atom. The number of alkyl halides is 3. The fourth-order valence-corrected chi connectivity index (χ4v) is 1.77. The number of nitrogens with one attached hydrogen (secondary N) is 1. The van der Waals surface area contributed by atoms with Gasteiger partial charge in [-0.25, -0.2) is 0 Å². The van der Waals surface area contributed by atoms with Crippen LogP contribution in [-0.4, -0.2) is 26.1 Å². The van der Waals surface area contributed by atoms with E-state index >= 15 is 0 Å². The molecule has 0 atom stereocenters. The highest BCUT2D eigenvalue weighted by Gasteiger charge is 2.32. The maximum atomic E-state index is 12.2. The van der Waals surface area contributed by atoms with Crippen molar-refractivity contribution in [1.82, 2.24) is 5.32 Å². The van der Waals surface area contributed by atoms with Gasteiger partial charge in [0.2, 0.25) is 0 Å². The summed E-state index contributed by atoms with van der Waals surface area (Å²) in [5.41, 5.74) is 0. The van der Waals surface area contributed by atoms with Gasteiger partial charge in [-0.15, -0.1) is 13.2 Å². The van der Waals surface area contributed by atoms with Gasteiger partial charge in [-0.05, 0) is 37.4 Å². The van der Waals surface area contributed by atoms with E-state index in [9.17, 15) is 13.2 Å². The molecule has 21 heavy (non-hydrogen) atoms. The largest absolute Gasteiger partial charge is 0.573 e. The normalized spacial score (nSPS) is 11.7. The quantitative estimate of drug-likeness (QED) is 0.700. The Hall–Kier alpha value is -1.43. The van der Waals surface area contributed by atoms with Crippen LogP contribution in [-0.2, 0) is 0 Å². The lowest BCUT2D eigenvalue weighted by atomic mass is 10.1.